The Morgan fingerprint density at radius 1 is 1.23 bits per heavy atom. The van der Waals surface area contributed by atoms with Gasteiger partial charge in [0.25, 0.3) is 0 Å². The Labute approximate surface area is 132 Å². The zero-order valence-corrected chi connectivity index (χ0v) is 12.8. The Hall–Kier alpha value is -2.60. The van der Waals surface area contributed by atoms with Crippen LogP contribution in [0.3, 0.4) is 0 Å². The number of pyridine rings is 1. The van der Waals surface area contributed by atoms with Gasteiger partial charge in [0.05, 0.1) is 5.69 Å². The summed E-state index contributed by atoms with van der Waals surface area (Å²) in [5.74, 6) is 1.43. The average molecular weight is 313 g/mol. The number of hydrogen-bond donors (Lipinski definition) is 2. The predicted octanol–water partition coefficient (Wildman–Crippen LogP) is 3.87. The van der Waals surface area contributed by atoms with Crippen molar-refractivity contribution in [2.75, 3.05) is 5.32 Å². The number of aromatic hydroxyl groups is 1. The van der Waals surface area contributed by atoms with Crippen LogP contribution in [0.25, 0.3) is 0 Å². The summed E-state index contributed by atoms with van der Waals surface area (Å²) >= 11 is 1.51. The molecule has 0 saturated carbocycles. The minimum atomic E-state index is 0.219. The van der Waals surface area contributed by atoms with Crippen molar-refractivity contribution < 1.29 is 9.84 Å². The van der Waals surface area contributed by atoms with Gasteiger partial charge in [-0.15, -0.1) is 11.3 Å². The third-order valence-corrected chi connectivity index (χ3v) is 3.87. The summed E-state index contributed by atoms with van der Waals surface area (Å²) in [6.45, 7) is 2.21. The van der Waals surface area contributed by atoms with E-state index in [4.69, 9.17) is 4.74 Å². The fraction of sp³-hybridized carbons (Fsp3) is 0.125. The van der Waals surface area contributed by atoms with E-state index in [1.54, 1.807) is 24.4 Å². The molecule has 2 aromatic heterocycles. The van der Waals surface area contributed by atoms with Gasteiger partial charge in [0.2, 0.25) is 0 Å². The number of aryl methyl sites for hydroxylation is 1. The number of hydrogen-bond acceptors (Lipinski definition) is 6. The Morgan fingerprint density at radius 3 is 2.86 bits per heavy atom. The molecule has 0 aliphatic heterocycles. The van der Waals surface area contributed by atoms with E-state index in [1.807, 2.05) is 30.5 Å². The molecule has 112 valence electrons. The topological polar surface area (TPSA) is 67.3 Å². The SMILES string of the molecule is Cc1csc(Nc2ncccc2OCc2ccccc2O)n1. The average Bonchev–Trinajstić information content (AvgIpc) is 2.93. The Balaban J connectivity index is 1.75. The highest BCUT2D eigenvalue weighted by Gasteiger charge is 2.08. The molecular formula is C16H15N3O2S. The lowest BCUT2D eigenvalue weighted by atomic mass is 10.2. The Kier molecular flexibility index (Phi) is 4.20. The van der Waals surface area contributed by atoms with Crippen molar-refractivity contribution in [3.05, 3.63) is 59.2 Å². The fourth-order valence-corrected chi connectivity index (χ4v) is 2.59. The lowest BCUT2D eigenvalue weighted by Crippen LogP contribution is -2.01. The smallest absolute Gasteiger partial charge is 0.188 e. The largest absolute Gasteiger partial charge is 0.508 e. The van der Waals surface area contributed by atoms with Gasteiger partial charge in [-0.25, -0.2) is 9.97 Å². The highest BCUT2D eigenvalue weighted by molar-refractivity contribution is 7.13. The summed E-state index contributed by atoms with van der Waals surface area (Å²) in [7, 11) is 0. The van der Waals surface area contributed by atoms with E-state index in [0.29, 0.717) is 11.6 Å². The highest BCUT2D eigenvalue weighted by atomic mass is 32.1. The molecule has 0 fully saturated rings. The molecule has 0 bridgehead atoms. The van der Waals surface area contributed by atoms with E-state index < -0.39 is 0 Å². The number of nitrogens with one attached hydrogen (secondary N) is 1. The van der Waals surface area contributed by atoms with Crippen LogP contribution in [0.4, 0.5) is 10.9 Å². The minimum absolute atomic E-state index is 0.219. The molecule has 22 heavy (non-hydrogen) atoms. The van der Waals surface area contributed by atoms with Crippen molar-refractivity contribution in [2.24, 2.45) is 0 Å². The van der Waals surface area contributed by atoms with Gasteiger partial charge in [0, 0.05) is 17.1 Å². The van der Waals surface area contributed by atoms with E-state index in [0.717, 1.165) is 16.4 Å². The van der Waals surface area contributed by atoms with E-state index in [9.17, 15) is 5.11 Å². The van der Waals surface area contributed by atoms with Gasteiger partial charge in [-0.05, 0) is 25.1 Å². The van der Waals surface area contributed by atoms with Crippen molar-refractivity contribution in [3.63, 3.8) is 0 Å². The molecule has 3 rings (SSSR count). The third kappa shape index (κ3) is 3.35. The standard InChI is InChI=1S/C16H15N3O2S/c1-11-10-22-16(18-11)19-15-14(7-4-8-17-15)21-9-12-5-2-3-6-13(12)20/h2-8,10,20H,9H2,1H3,(H,17,18,19). The first-order valence-corrected chi connectivity index (χ1v) is 7.64. The van der Waals surface area contributed by atoms with Crippen LogP contribution in [0, 0.1) is 6.92 Å². The molecule has 0 aliphatic carbocycles. The van der Waals surface area contributed by atoms with E-state index in [1.165, 1.54) is 11.3 Å². The van der Waals surface area contributed by atoms with Crippen LogP contribution in [0.5, 0.6) is 11.5 Å². The molecular weight excluding hydrogens is 298 g/mol. The number of phenolic OH excluding ortho intramolecular Hbond substituents is 1. The quantitative estimate of drug-likeness (QED) is 0.748. The predicted molar refractivity (Wildman–Crippen MR) is 86.8 cm³/mol. The van der Waals surface area contributed by atoms with E-state index in [2.05, 4.69) is 15.3 Å². The maximum atomic E-state index is 9.78. The van der Waals surface area contributed by atoms with Crippen LogP contribution in [0.1, 0.15) is 11.3 Å². The molecule has 2 heterocycles. The van der Waals surface area contributed by atoms with E-state index in [-0.39, 0.29) is 12.4 Å². The van der Waals surface area contributed by atoms with Crippen LogP contribution in [-0.4, -0.2) is 15.1 Å². The number of ether oxygens (including phenoxy) is 1. The number of para-hydroxylation sites is 1. The number of thiazole rings is 1. The molecule has 1 aromatic carbocycles. The first-order chi connectivity index (χ1) is 10.7. The van der Waals surface area contributed by atoms with Crippen LogP contribution < -0.4 is 10.1 Å². The number of anilines is 2. The molecule has 3 aromatic rings. The van der Waals surface area contributed by atoms with Crippen molar-refractivity contribution in [1.82, 2.24) is 9.97 Å². The van der Waals surface area contributed by atoms with Crippen LogP contribution in [0.2, 0.25) is 0 Å². The Bertz CT molecular complexity index is 773. The summed E-state index contributed by atoms with van der Waals surface area (Å²) in [6, 6.07) is 10.7. The molecule has 0 spiro atoms. The van der Waals surface area contributed by atoms with Crippen molar-refractivity contribution in [1.29, 1.82) is 0 Å². The Morgan fingerprint density at radius 2 is 2.09 bits per heavy atom. The van der Waals surface area contributed by atoms with Gasteiger partial charge in [-0.1, -0.05) is 18.2 Å². The van der Waals surface area contributed by atoms with Gasteiger partial charge in [0.1, 0.15) is 12.4 Å². The second-order valence-corrected chi connectivity index (χ2v) is 5.54. The van der Waals surface area contributed by atoms with Crippen LogP contribution >= 0.6 is 11.3 Å². The van der Waals surface area contributed by atoms with Gasteiger partial charge in [0.15, 0.2) is 16.7 Å². The van der Waals surface area contributed by atoms with Crippen molar-refractivity contribution >= 4 is 22.3 Å². The van der Waals surface area contributed by atoms with E-state index >= 15 is 0 Å². The summed E-state index contributed by atoms with van der Waals surface area (Å²) in [4.78, 5) is 8.64. The summed E-state index contributed by atoms with van der Waals surface area (Å²) in [5.41, 5.74) is 1.68. The molecule has 0 saturated heterocycles. The molecule has 0 unspecified atom stereocenters. The molecule has 2 N–H and O–H groups in total. The molecule has 6 heteroatoms. The van der Waals surface area contributed by atoms with Crippen LogP contribution in [0.15, 0.2) is 48.0 Å². The lowest BCUT2D eigenvalue weighted by molar-refractivity contribution is 0.299. The molecule has 0 aliphatic rings. The zero-order valence-electron chi connectivity index (χ0n) is 12.0. The summed E-state index contributed by atoms with van der Waals surface area (Å²) in [6.07, 6.45) is 1.69. The van der Waals surface area contributed by atoms with Gasteiger partial charge >= 0.3 is 0 Å². The van der Waals surface area contributed by atoms with Gasteiger partial charge < -0.3 is 15.2 Å². The zero-order chi connectivity index (χ0) is 15.4. The number of nitrogens with zero attached hydrogens (tertiary/aromatic N) is 2. The summed E-state index contributed by atoms with van der Waals surface area (Å²) in [5, 5.41) is 15.7. The molecule has 0 atom stereocenters. The second kappa shape index (κ2) is 6.44. The minimum Gasteiger partial charge on any atom is -0.508 e. The highest BCUT2D eigenvalue weighted by Crippen LogP contribution is 2.28. The number of phenols is 1. The van der Waals surface area contributed by atoms with Crippen molar-refractivity contribution in [2.45, 2.75) is 13.5 Å². The molecule has 0 radical (unpaired) electrons. The molecule has 5 nitrogen and oxygen atoms in total. The van der Waals surface area contributed by atoms with Gasteiger partial charge in [-0.2, -0.15) is 0 Å². The number of benzene rings is 1. The lowest BCUT2D eigenvalue weighted by Gasteiger charge is -2.11. The second-order valence-electron chi connectivity index (χ2n) is 4.69. The van der Waals surface area contributed by atoms with Crippen LogP contribution in [-0.2, 0) is 6.61 Å². The normalized spacial score (nSPS) is 10.4. The maximum Gasteiger partial charge on any atom is 0.188 e. The maximum absolute atomic E-state index is 9.78. The first kappa shape index (κ1) is 14.3. The monoisotopic (exact) mass is 313 g/mol. The first-order valence-electron chi connectivity index (χ1n) is 6.76. The summed E-state index contributed by atoms with van der Waals surface area (Å²) < 4.78 is 5.77. The number of aromatic nitrogens is 2. The van der Waals surface area contributed by atoms with Crippen molar-refractivity contribution in [3.8, 4) is 11.5 Å². The third-order valence-electron chi connectivity index (χ3n) is 2.99. The number of rotatable bonds is 5. The molecule has 0 amide bonds. The van der Waals surface area contributed by atoms with Gasteiger partial charge in [-0.3, -0.25) is 0 Å². The fourth-order valence-electron chi connectivity index (χ4n) is 1.90.